The number of anilines is 1. The van der Waals surface area contributed by atoms with Crippen LogP contribution in [0.1, 0.15) is 5.56 Å². The van der Waals surface area contributed by atoms with Gasteiger partial charge in [-0.15, -0.1) is 5.10 Å². The Morgan fingerprint density at radius 1 is 1.28 bits per heavy atom. The first-order valence-corrected chi connectivity index (χ1v) is 7.73. The third-order valence-corrected chi connectivity index (χ3v) is 3.71. The summed E-state index contributed by atoms with van der Waals surface area (Å²) in [4.78, 5) is 22.2. The topological polar surface area (TPSA) is 125 Å². The van der Waals surface area contributed by atoms with Crippen molar-refractivity contribution in [2.24, 2.45) is 0 Å². The number of hydrogen-bond acceptors (Lipinski definition) is 8. The van der Waals surface area contributed by atoms with Gasteiger partial charge in [0.05, 0.1) is 16.1 Å². The van der Waals surface area contributed by atoms with Gasteiger partial charge in [-0.25, -0.2) is 0 Å². The molecule has 0 unspecified atom stereocenters. The van der Waals surface area contributed by atoms with E-state index in [1.165, 1.54) is 11.8 Å². The van der Waals surface area contributed by atoms with E-state index in [1.807, 2.05) is 0 Å². The molecule has 0 saturated carbocycles. The molecule has 2 N–H and O–H groups in total. The Balaban J connectivity index is 2.20. The molecule has 3 aromatic rings. The Hall–Kier alpha value is -2.96. The number of fused-ring (bicyclic) bond motifs is 1. The van der Waals surface area contributed by atoms with Gasteiger partial charge in [0, 0.05) is 6.07 Å². The Labute approximate surface area is 141 Å². The number of rotatable bonds is 3. The van der Waals surface area contributed by atoms with Crippen LogP contribution in [0.4, 0.5) is 24.8 Å². The van der Waals surface area contributed by atoms with Crippen LogP contribution in [0, 0.1) is 10.1 Å². The number of thioether (sulfide) groups is 1. The average molecular weight is 371 g/mol. The van der Waals surface area contributed by atoms with Gasteiger partial charge >= 0.3 is 6.18 Å². The van der Waals surface area contributed by atoms with Crippen LogP contribution in [0.3, 0.4) is 0 Å². The second-order valence-electron chi connectivity index (χ2n) is 4.70. The lowest BCUT2D eigenvalue weighted by molar-refractivity contribution is -0.384. The van der Waals surface area contributed by atoms with E-state index in [4.69, 9.17) is 5.73 Å². The first-order chi connectivity index (χ1) is 11.7. The second-order valence-corrected chi connectivity index (χ2v) is 5.48. The van der Waals surface area contributed by atoms with E-state index >= 15 is 0 Å². The number of aromatic nitrogens is 5. The van der Waals surface area contributed by atoms with Crippen molar-refractivity contribution in [3.63, 3.8) is 0 Å². The lowest BCUT2D eigenvalue weighted by Crippen LogP contribution is -2.06. The molecular weight excluding hydrogens is 363 g/mol. The largest absolute Gasteiger partial charge is 0.416 e. The number of nitro benzene ring substituents is 1. The maximum absolute atomic E-state index is 12.8. The fourth-order valence-electron chi connectivity index (χ4n) is 2.04. The number of nitrogen functional groups attached to an aromatic ring is 1. The molecule has 25 heavy (non-hydrogen) atoms. The maximum atomic E-state index is 12.8. The number of alkyl halides is 3. The fraction of sp³-hybridized carbons (Fsp3) is 0.167. The molecule has 0 spiro atoms. The quantitative estimate of drug-likeness (QED) is 0.423. The Bertz CT molecular complexity index is 989. The molecule has 0 aliphatic heterocycles. The van der Waals surface area contributed by atoms with E-state index in [-0.39, 0.29) is 23.1 Å². The van der Waals surface area contributed by atoms with Gasteiger partial charge in [0.25, 0.3) is 11.5 Å². The van der Waals surface area contributed by atoms with Gasteiger partial charge in [-0.1, -0.05) is 11.8 Å². The summed E-state index contributed by atoms with van der Waals surface area (Å²) < 4.78 is 39.4. The highest BCUT2D eigenvalue weighted by atomic mass is 32.2. The Kier molecular flexibility index (Phi) is 3.94. The number of benzene rings is 1. The third kappa shape index (κ3) is 3.05. The Morgan fingerprint density at radius 2 is 2.00 bits per heavy atom. The van der Waals surface area contributed by atoms with E-state index in [2.05, 4.69) is 20.1 Å². The highest BCUT2D eigenvalue weighted by molar-refractivity contribution is 7.98. The van der Waals surface area contributed by atoms with Crippen LogP contribution in [0.2, 0.25) is 0 Å². The van der Waals surface area contributed by atoms with Gasteiger partial charge in [0.2, 0.25) is 5.95 Å². The van der Waals surface area contributed by atoms with Crippen LogP contribution in [-0.2, 0) is 6.18 Å². The summed E-state index contributed by atoms with van der Waals surface area (Å²) in [5.41, 5.74) is 3.61. The predicted molar refractivity (Wildman–Crippen MR) is 81.9 cm³/mol. The monoisotopic (exact) mass is 371 g/mol. The molecule has 130 valence electrons. The summed E-state index contributed by atoms with van der Waals surface area (Å²) >= 11 is 1.20. The minimum absolute atomic E-state index is 0.0287. The van der Waals surface area contributed by atoms with Gasteiger partial charge in [0.15, 0.2) is 11.0 Å². The van der Waals surface area contributed by atoms with Crippen LogP contribution in [0.15, 0.2) is 23.4 Å². The van der Waals surface area contributed by atoms with Crippen LogP contribution in [0.25, 0.3) is 17.2 Å². The van der Waals surface area contributed by atoms with E-state index in [0.717, 1.165) is 16.6 Å². The molecule has 0 aliphatic carbocycles. The normalized spacial score (nSPS) is 11.8. The molecule has 0 aliphatic rings. The molecular formula is C12H8F3N7O2S. The zero-order chi connectivity index (χ0) is 18.4. The lowest BCUT2D eigenvalue weighted by Gasteiger charge is -2.07. The van der Waals surface area contributed by atoms with Gasteiger partial charge < -0.3 is 5.73 Å². The summed E-state index contributed by atoms with van der Waals surface area (Å²) in [6.07, 6.45) is -3.00. The molecule has 0 fully saturated rings. The van der Waals surface area contributed by atoms with E-state index in [1.54, 1.807) is 6.26 Å². The van der Waals surface area contributed by atoms with Crippen molar-refractivity contribution in [3.05, 3.63) is 33.9 Å². The van der Waals surface area contributed by atoms with Crippen molar-refractivity contribution in [2.75, 3.05) is 12.0 Å². The molecule has 0 amide bonds. The number of nitro groups is 1. The van der Waals surface area contributed by atoms with Crippen molar-refractivity contribution < 1.29 is 18.1 Å². The molecule has 9 nitrogen and oxygen atoms in total. The van der Waals surface area contributed by atoms with Crippen LogP contribution in [-0.4, -0.2) is 35.7 Å². The maximum Gasteiger partial charge on any atom is 0.416 e. The molecule has 2 aromatic heterocycles. The Morgan fingerprint density at radius 3 is 2.60 bits per heavy atom. The highest BCUT2D eigenvalue weighted by Crippen LogP contribution is 2.36. The highest BCUT2D eigenvalue weighted by Gasteiger charge is 2.33. The molecule has 3 rings (SSSR count). The van der Waals surface area contributed by atoms with E-state index in [0.29, 0.717) is 11.2 Å². The number of nitrogens with zero attached hydrogens (tertiary/aromatic N) is 6. The number of hydrogen-bond donors (Lipinski definition) is 1. The van der Waals surface area contributed by atoms with Crippen LogP contribution in [0.5, 0.6) is 0 Å². The zero-order valence-corrected chi connectivity index (χ0v) is 13.2. The smallest absolute Gasteiger partial charge is 0.368 e. The van der Waals surface area contributed by atoms with Crippen molar-refractivity contribution in [2.45, 2.75) is 11.3 Å². The summed E-state index contributed by atoms with van der Waals surface area (Å²) in [6.45, 7) is 0. The van der Waals surface area contributed by atoms with Crippen LogP contribution >= 0.6 is 11.8 Å². The minimum atomic E-state index is -4.71. The lowest BCUT2D eigenvalue weighted by atomic mass is 10.1. The molecule has 2 heterocycles. The molecule has 13 heteroatoms. The summed E-state index contributed by atoms with van der Waals surface area (Å²) in [5, 5.41) is 15.4. The molecule has 0 bridgehead atoms. The summed E-state index contributed by atoms with van der Waals surface area (Å²) in [6, 6.07) is 2.09. The summed E-state index contributed by atoms with van der Waals surface area (Å²) in [7, 11) is 0. The van der Waals surface area contributed by atoms with E-state index in [9.17, 15) is 23.3 Å². The van der Waals surface area contributed by atoms with Crippen molar-refractivity contribution >= 4 is 29.2 Å². The third-order valence-electron chi connectivity index (χ3n) is 3.16. The first kappa shape index (κ1) is 16.9. The van der Waals surface area contributed by atoms with Gasteiger partial charge in [-0.2, -0.15) is 32.6 Å². The predicted octanol–water partition coefficient (Wildman–Crippen LogP) is 2.42. The zero-order valence-electron chi connectivity index (χ0n) is 12.4. The first-order valence-electron chi connectivity index (χ1n) is 6.51. The number of halogens is 3. The standard InChI is InChI=1S/C12H8F3N7O2S/c1-25-11-18-9(16)21-10(19-11)17-8(20-21)6-3-2-5(12(13,14)15)4-7(6)22(23)24/h2-4H,1H3,(H2,16,17,18,19,20). The fourth-order valence-corrected chi connectivity index (χ4v) is 2.40. The second kappa shape index (κ2) is 5.84. The van der Waals surface area contributed by atoms with Gasteiger partial charge in [-0.3, -0.25) is 10.1 Å². The molecule has 1 aromatic carbocycles. The molecule has 0 radical (unpaired) electrons. The van der Waals surface area contributed by atoms with E-state index < -0.39 is 22.4 Å². The van der Waals surface area contributed by atoms with Gasteiger partial charge in [0.1, 0.15) is 0 Å². The van der Waals surface area contributed by atoms with Crippen molar-refractivity contribution in [1.29, 1.82) is 0 Å². The average Bonchev–Trinajstić information content (AvgIpc) is 2.97. The van der Waals surface area contributed by atoms with Crippen LogP contribution < -0.4 is 5.73 Å². The van der Waals surface area contributed by atoms with Crippen molar-refractivity contribution in [1.82, 2.24) is 24.6 Å². The van der Waals surface area contributed by atoms with Gasteiger partial charge in [-0.05, 0) is 18.4 Å². The number of nitrogens with two attached hydrogens (primary N) is 1. The molecule has 0 atom stereocenters. The molecule has 0 saturated heterocycles. The SMILES string of the molecule is CSc1nc(N)n2nc(-c3ccc(C(F)(F)F)cc3[N+](=O)[O-])nc2n1. The summed E-state index contributed by atoms with van der Waals surface area (Å²) in [5.74, 6) is -0.205. The van der Waals surface area contributed by atoms with Crippen molar-refractivity contribution in [3.8, 4) is 11.4 Å². The minimum Gasteiger partial charge on any atom is -0.368 e.